The molecule has 1 aromatic carbocycles. The zero-order valence-electron chi connectivity index (χ0n) is 18.5. The van der Waals surface area contributed by atoms with Crippen LogP contribution in [0.2, 0.25) is 5.02 Å². The van der Waals surface area contributed by atoms with E-state index in [4.69, 9.17) is 16.3 Å². The Balaban J connectivity index is 1.83. The van der Waals surface area contributed by atoms with Crippen molar-refractivity contribution < 1.29 is 14.3 Å². The van der Waals surface area contributed by atoms with Gasteiger partial charge in [0, 0.05) is 24.4 Å². The minimum Gasteiger partial charge on any atom is -0.383 e. The SMILES string of the molecule is COCCNC(=O)C(CC1CCCCC1)N(CNc1cccc(Cl)c1)C(=O)c1cccs1. The van der Waals surface area contributed by atoms with Gasteiger partial charge in [0.15, 0.2) is 0 Å². The number of carbonyl (C=O) groups is 2. The summed E-state index contributed by atoms with van der Waals surface area (Å²) < 4.78 is 5.09. The molecule has 174 valence electrons. The molecular formula is C24H32ClN3O3S. The summed E-state index contributed by atoms with van der Waals surface area (Å²) in [6.07, 6.45) is 6.47. The molecule has 1 heterocycles. The molecule has 32 heavy (non-hydrogen) atoms. The maximum atomic E-state index is 13.5. The zero-order chi connectivity index (χ0) is 22.8. The molecule has 3 rings (SSSR count). The Hall–Kier alpha value is -2.09. The predicted molar refractivity (Wildman–Crippen MR) is 130 cm³/mol. The number of nitrogens with one attached hydrogen (secondary N) is 2. The van der Waals surface area contributed by atoms with Crippen molar-refractivity contribution in [3.8, 4) is 0 Å². The first kappa shape index (κ1) is 24.6. The molecule has 0 saturated heterocycles. The Morgan fingerprint density at radius 3 is 2.72 bits per heavy atom. The molecule has 1 fully saturated rings. The topological polar surface area (TPSA) is 70.7 Å². The molecule has 1 aliphatic rings. The number of thiophene rings is 1. The number of rotatable bonds is 11. The van der Waals surface area contributed by atoms with E-state index in [1.807, 2.05) is 29.6 Å². The predicted octanol–water partition coefficient (Wildman–Crippen LogP) is 5.01. The molecule has 6 nitrogen and oxygen atoms in total. The number of hydrogen-bond donors (Lipinski definition) is 2. The van der Waals surface area contributed by atoms with Crippen molar-refractivity contribution >= 4 is 40.4 Å². The van der Waals surface area contributed by atoms with Gasteiger partial charge in [-0.3, -0.25) is 9.59 Å². The number of amides is 2. The van der Waals surface area contributed by atoms with Crippen molar-refractivity contribution in [2.24, 2.45) is 5.92 Å². The van der Waals surface area contributed by atoms with Crippen molar-refractivity contribution in [2.45, 2.75) is 44.6 Å². The van der Waals surface area contributed by atoms with Crippen molar-refractivity contribution in [1.29, 1.82) is 0 Å². The minimum atomic E-state index is -0.559. The number of anilines is 1. The van der Waals surface area contributed by atoms with Gasteiger partial charge in [-0.05, 0) is 42.0 Å². The maximum absolute atomic E-state index is 13.5. The molecule has 1 aromatic heterocycles. The van der Waals surface area contributed by atoms with Gasteiger partial charge in [0.1, 0.15) is 6.04 Å². The van der Waals surface area contributed by atoms with Gasteiger partial charge in [-0.2, -0.15) is 0 Å². The monoisotopic (exact) mass is 477 g/mol. The van der Waals surface area contributed by atoms with Crippen LogP contribution >= 0.6 is 22.9 Å². The van der Waals surface area contributed by atoms with Crippen LogP contribution in [-0.2, 0) is 9.53 Å². The van der Waals surface area contributed by atoms with Gasteiger partial charge in [-0.25, -0.2) is 0 Å². The Kier molecular flexibility index (Phi) is 9.84. The van der Waals surface area contributed by atoms with Crippen LogP contribution in [0.5, 0.6) is 0 Å². The lowest BCUT2D eigenvalue weighted by molar-refractivity contribution is -0.126. The highest BCUT2D eigenvalue weighted by molar-refractivity contribution is 7.12. The fraction of sp³-hybridized carbons (Fsp3) is 0.500. The van der Waals surface area contributed by atoms with Gasteiger partial charge >= 0.3 is 0 Å². The summed E-state index contributed by atoms with van der Waals surface area (Å²) in [6, 6.07) is 10.5. The molecule has 0 radical (unpaired) electrons. The van der Waals surface area contributed by atoms with E-state index in [1.165, 1.54) is 30.6 Å². The van der Waals surface area contributed by atoms with E-state index < -0.39 is 6.04 Å². The number of methoxy groups -OCH3 is 1. The van der Waals surface area contributed by atoms with E-state index in [0.717, 1.165) is 18.5 Å². The van der Waals surface area contributed by atoms with E-state index in [0.29, 0.717) is 35.4 Å². The summed E-state index contributed by atoms with van der Waals surface area (Å²) in [4.78, 5) is 29.0. The van der Waals surface area contributed by atoms with Gasteiger partial charge in [0.25, 0.3) is 5.91 Å². The van der Waals surface area contributed by atoms with Crippen LogP contribution in [0.1, 0.15) is 48.2 Å². The van der Waals surface area contributed by atoms with Crippen LogP contribution in [0.3, 0.4) is 0 Å². The molecule has 1 saturated carbocycles. The lowest BCUT2D eigenvalue weighted by Crippen LogP contribution is -2.52. The molecule has 0 spiro atoms. The molecule has 2 amide bonds. The van der Waals surface area contributed by atoms with Gasteiger partial charge in [0.05, 0.1) is 18.2 Å². The average molecular weight is 478 g/mol. The van der Waals surface area contributed by atoms with Gasteiger partial charge in [0.2, 0.25) is 5.91 Å². The molecule has 1 unspecified atom stereocenters. The Morgan fingerprint density at radius 2 is 2.03 bits per heavy atom. The third-order valence-electron chi connectivity index (χ3n) is 5.84. The number of carbonyl (C=O) groups excluding carboxylic acids is 2. The third-order valence-corrected chi connectivity index (χ3v) is 6.93. The number of halogens is 1. The first-order chi connectivity index (χ1) is 15.6. The maximum Gasteiger partial charge on any atom is 0.266 e. The van der Waals surface area contributed by atoms with E-state index >= 15 is 0 Å². The highest BCUT2D eigenvalue weighted by atomic mass is 35.5. The summed E-state index contributed by atoms with van der Waals surface area (Å²) in [5.74, 6) is 0.161. The molecule has 0 bridgehead atoms. The Bertz CT molecular complexity index is 856. The second kappa shape index (κ2) is 12.8. The van der Waals surface area contributed by atoms with Crippen molar-refractivity contribution in [2.75, 3.05) is 32.2 Å². The minimum absolute atomic E-state index is 0.134. The van der Waals surface area contributed by atoms with E-state index in [2.05, 4.69) is 10.6 Å². The molecule has 1 aliphatic carbocycles. The van der Waals surface area contributed by atoms with E-state index in [-0.39, 0.29) is 18.5 Å². The van der Waals surface area contributed by atoms with Crippen molar-refractivity contribution in [1.82, 2.24) is 10.2 Å². The van der Waals surface area contributed by atoms with Crippen LogP contribution in [0.4, 0.5) is 5.69 Å². The fourth-order valence-electron chi connectivity index (χ4n) is 4.15. The second-order valence-corrected chi connectivity index (χ2v) is 9.52. The molecular weight excluding hydrogens is 446 g/mol. The van der Waals surface area contributed by atoms with Gasteiger partial charge in [-0.1, -0.05) is 55.8 Å². The van der Waals surface area contributed by atoms with Crippen LogP contribution in [0, 0.1) is 5.92 Å². The Morgan fingerprint density at radius 1 is 1.22 bits per heavy atom. The highest BCUT2D eigenvalue weighted by Crippen LogP contribution is 2.29. The molecule has 1 atom stereocenters. The van der Waals surface area contributed by atoms with Crippen LogP contribution < -0.4 is 10.6 Å². The zero-order valence-corrected chi connectivity index (χ0v) is 20.1. The molecule has 2 aromatic rings. The number of nitrogens with zero attached hydrogens (tertiary/aromatic N) is 1. The number of ether oxygens (including phenoxy) is 1. The van der Waals surface area contributed by atoms with Gasteiger partial charge in [-0.15, -0.1) is 11.3 Å². The summed E-state index contributed by atoms with van der Waals surface area (Å²) in [5, 5.41) is 8.74. The van der Waals surface area contributed by atoms with E-state index in [1.54, 1.807) is 24.1 Å². The van der Waals surface area contributed by atoms with Crippen LogP contribution in [0.25, 0.3) is 0 Å². The summed E-state index contributed by atoms with van der Waals surface area (Å²) in [6.45, 7) is 1.06. The van der Waals surface area contributed by atoms with Crippen LogP contribution in [-0.4, -0.2) is 49.7 Å². The first-order valence-corrected chi connectivity index (χ1v) is 12.4. The summed E-state index contributed by atoms with van der Waals surface area (Å²) >= 11 is 7.51. The fourth-order valence-corrected chi connectivity index (χ4v) is 5.02. The normalized spacial score (nSPS) is 15.2. The quantitative estimate of drug-likeness (QED) is 0.352. The number of hydrogen-bond acceptors (Lipinski definition) is 5. The number of benzene rings is 1. The standard InChI is InChI=1S/C24H32ClN3O3S/c1-31-13-12-26-23(29)21(15-18-7-3-2-4-8-18)28(24(30)22-11-6-14-32-22)17-27-20-10-5-9-19(25)16-20/h5-6,9-11,14,16,18,21,27H,2-4,7-8,12-13,15,17H2,1H3,(H,26,29). The van der Waals surface area contributed by atoms with Crippen molar-refractivity contribution in [3.63, 3.8) is 0 Å². The average Bonchev–Trinajstić information content (AvgIpc) is 3.34. The molecule has 0 aliphatic heterocycles. The lowest BCUT2D eigenvalue weighted by Gasteiger charge is -2.34. The summed E-state index contributed by atoms with van der Waals surface area (Å²) in [5.41, 5.74) is 0.803. The van der Waals surface area contributed by atoms with Crippen LogP contribution in [0.15, 0.2) is 41.8 Å². The van der Waals surface area contributed by atoms with Gasteiger partial charge < -0.3 is 20.3 Å². The highest BCUT2D eigenvalue weighted by Gasteiger charge is 2.33. The first-order valence-electron chi connectivity index (χ1n) is 11.2. The lowest BCUT2D eigenvalue weighted by atomic mass is 9.84. The van der Waals surface area contributed by atoms with Crippen molar-refractivity contribution in [3.05, 3.63) is 51.7 Å². The summed E-state index contributed by atoms with van der Waals surface area (Å²) in [7, 11) is 1.60. The molecule has 8 heteroatoms. The Labute approximate surface area is 199 Å². The smallest absolute Gasteiger partial charge is 0.266 e. The second-order valence-electron chi connectivity index (χ2n) is 8.14. The largest absolute Gasteiger partial charge is 0.383 e. The van der Waals surface area contributed by atoms with E-state index in [9.17, 15) is 9.59 Å². The molecule has 2 N–H and O–H groups in total. The third kappa shape index (κ3) is 7.22.